The predicted molar refractivity (Wildman–Crippen MR) is 77.1 cm³/mol. The molecule has 2 nitrogen and oxygen atoms in total. The Morgan fingerprint density at radius 3 is 2.22 bits per heavy atom. The molecule has 2 aromatic rings. The summed E-state index contributed by atoms with van der Waals surface area (Å²) in [5.74, 6) is 0.918. The van der Waals surface area contributed by atoms with Crippen LogP contribution in [-0.2, 0) is 0 Å². The SMILES string of the molecule is COc1cc(C)c(-c2ccc(C)cc2N)cc1C. The van der Waals surface area contributed by atoms with Gasteiger partial charge in [0.25, 0.3) is 0 Å². The quantitative estimate of drug-likeness (QED) is 0.810. The van der Waals surface area contributed by atoms with Gasteiger partial charge >= 0.3 is 0 Å². The van der Waals surface area contributed by atoms with Gasteiger partial charge < -0.3 is 10.5 Å². The molecule has 0 aromatic heterocycles. The monoisotopic (exact) mass is 241 g/mol. The maximum atomic E-state index is 6.11. The number of anilines is 1. The summed E-state index contributed by atoms with van der Waals surface area (Å²) in [6, 6.07) is 10.4. The molecule has 94 valence electrons. The summed E-state index contributed by atoms with van der Waals surface area (Å²) in [6.07, 6.45) is 0. The Morgan fingerprint density at radius 2 is 1.61 bits per heavy atom. The molecule has 18 heavy (non-hydrogen) atoms. The summed E-state index contributed by atoms with van der Waals surface area (Å²) in [5.41, 5.74) is 12.7. The van der Waals surface area contributed by atoms with E-state index >= 15 is 0 Å². The molecule has 0 fully saturated rings. The summed E-state index contributed by atoms with van der Waals surface area (Å²) in [6.45, 7) is 6.18. The predicted octanol–water partition coefficient (Wildman–Crippen LogP) is 3.87. The molecule has 0 spiro atoms. The van der Waals surface area contributed by atoms with E-state index < -0.39 is 0 Å². The third-order valence-electron chi connectivity index (χ3n) is 3.24. The van der Waals surface area contributed by atoms with Gasteiger partial charge in [-0.15, -0.1) is 0 Å². The number of hydrogen-bond acceptors (Lipinski definition) is 2. The number of rotatable bonds is 2. The van der Waals surface area contributed by atoms with Gasteiger partial charge in [-0.2, -0.15) is 0 Å². The Balaban J connectivity index is 2.60. The first-order chi connectivity index (χ1) is 8.52. The van der Waals surface area contributed by atoms with Gasteiger partial charge in [0.15, 0.2) is 0 Å². The topological polar surface area (TPSA) is 35.2 Å². The summed E-state index contributed by atoms with van der Waals surface area (Å²) < 4.78 is 5.33. The van der Waals surface area contributed by atoms with Crippen molar-refractivity contribution in [2.45, 2.75) is 20.8 Å². The molecule has 2 rings (SSSR count). The number of nitrogen functional groups attached to an aromatic ring is 1. The van der Waals surface area contributed by atoms with Crippen LogP contribution in [0, 0.1) is 20.8 Å². The smallest absolute Gasteiger partial charge is 0.122 e. The molecule has 0 aliphatic heterocycles. The van der Waals surface area contributed by atoms with E-state index in [-0.39, 0.29) is 0 Å². The molecular formula is C16H19NO. The largest absolute Gasteiger partial charge is 0.496 e. The van der Waals surface area contributed by atoms with E-state index in [2.05, 4.69) is 31.2 Å². The van der Waals surface area contributed by atoms with Gasteiger partial charge in [-0.25, -0.2) is 0 Å². The lowest BCUT2D eigenvalue weighted by molar-refractivity contribution is 0.411. The van der Waals surface area contributed by atoms with E-state index in [9.17, 15) is 0 Å². The molecule has 0 saturated carbocycles. The highest BCUT2D eigenvalue weighted by atomic mass is 16.5. The first-order valence-corrected chi connectivity index (χ1v) is 6.04. The van der Waals surface area contributed by atoms with Gasteiger partial charge in [0.05, 0.1) is 7.11 Å². The van der Waals surface area contributed by atoms with Crippen molar-refractivity contribution >= 4 is 5.69 Å². The zero-order valence-corrected chi connectivity index (χ0v) is 11.4. The second kappa shape index (κ2) is 4.73. The van der Waals surface area contributed by atoms with E-state index in [0.717, 1.165) is 22.6 Å². The molecule has 0 bridgehead atoms. The van der Waals surface area contributed by atoms with E-state index in [1.54, 1.807) is 7.11 Å². The Kier molecular flexibility index (Phi) is 3.28. The first-order valence-electron chi connectivity index (χ1n) is 6.04. The highest BCUT2D eigenvalue weighted by molar-refractivity contribution is 5.79. The van der Waals surface area contributed by atoms with Gasteiger partial charge in [0, 0.05) is 11.3 Å². The third-order valence-corrected chi connectivity index (χ3v) is 3.24. The van der Waals surface area contributed by atoms with Crippen molar-refractivity contribution in [3.8, 4) is 16.9 Å². The van der Waals surface area contributed by atoms with Crippen molar-refractivity contribution in [3.05, 3.63) is 47.0 Å². The lowest BCUT2D eigenvalue weighted by Gasteiger charge is -2.13. The standard InChI is InChI=1S/C16H19NO/c1-10-5-6-13(15(17)7-10)14-8-12(3)16(18-4)9-11(14)2/h5-9H,17H2,1-4H3. The zero-order valence-electron chi connectivity index (χ0n) is 11.4. The van der Waals surface area contributed by atoms with Crippen molar-refractivity contribution in [3.63, 3.8) is 0 Å². The van der Waals surface area contributed by atoms with E-state index in [1.165, 1.54) is 16.7 Å². The molecule has 0 heterocycles. The van der Waals surface area contributed by atoms with Crippen molar-refractivity contribution < 1.29 is 4.74 Å². The van der Waals surface area contributed by atoms with Gasteiger partial charge in [-0.1, -0.05) is 12.1 Å². The normalized spacial score (nSPS) is 10.4. The van der Waals surface area contributed by atoms with Crippen LogP contribution in [0.2, 0.25) is 0 Å². The van der Waals surface area contributed by atoms with Crippen LogP contribution in [-0.4, -0.2) is 7.11 Å². The van der Waals surface area contributed by atoms with Crippen LogP contribution >= 0.6 is 0 Å². The first kappa shape index (κ1) is 12.5. The molecule has 0 radical (unpaired) electrons. The highest BCUT2D eigenvalue weighted by Gasteiger charge is 2.09. The van der Waals surface area contributed by atoms with Gasteiger partial charge in [0.2, 0.25) is 0 Å². The van der Waals surface area contributed by atoms with Crippen molar-refractivity contribution in [2.24, 2.45) is 0 Å². The molecule has 2 N–H and O–H groups in total. The Hall–Kier alpha value is -1.96. The second-order valence-corrected chi connectivity index (χ2v) is 4.73. The van der Waals surface area contributed by atoms with Crippen LogP contribution in [0.5, 0.6) is 5.75 Å². The molecule has 0 saturated heterocycles. The fourth-order valence-electron chi connectivity index (χ4n) is 2.23. The minimum Gasteiger partial charge on any atom is -0.496 e. The van der Waals surface area contributed by atoms with Crippen LogP contribution in [0.4, 0.5) is 5.69 Å². The second-order valence-electron chi connectivity index (χ2n) is 4.73. The van der Waals surface area contributed by atoms with Gasteiger partial charge in [-0.3, -0.25) is 0 Å². The van der Waals surface area contributed by atoms with Crippen LogP contribution in [0.3, 0.4) is 0 Å². The average Bonchev–Trinajstić information content (AvgIpc) is 2.32. The fraction of sp³-hybridized carbons (Fsp3) is 0.250. The van der Waals surface area contributed by atoms with Crippen molar-refractivity contribution in [2.75, 3.05) is 12.8 Å². The molecule has 0 aliphatic rings. The van der Waals surface area contributed by atoms with Crippen LogP contribution in [0.1, 0.15) is 16.7 Å². The maximum absolute atomic E-state index is 6.11. The molecular weight excluding hydrogens is 222 g/mol. The Labute approximate surface area is 108 Å². The summed E-state index contributed by atoms with van der Waals surface area (Å²) in [4.78, 5) is 0. The number of aryl methyl sites for hydroxylation is 3. The lowest BCUT2D eigenvalue weighted by atomic mass is 9.96. The zero-order chi connectivity index (χ0) is 13.3. The number of benzene rings is 2. The van der Waals surface area contributed by atoms with Crippen molar-refractivity contribution in [1.82, 2.24) is 0 Å². The molecule has 2 aromatic carbocycles. The number of nitrogens with two attached hydrogens (primary N) is 1. The summed E-state index contributed by atoms with van der Waals surface area (Å²) in [7, 11) is 1.70. The Bertz CT molecular complexity index is 588. The lowest BCUT2D eigenvalue weighted by Crippen LogP contribution is -1.95. The molecule has 0 aliphatic carbocycles. The van der Waals surface area contributed by atoms with Crippen LogP contribution in [0.25, 0.3) is 11.1 Å². The number of hydrogen-bond donors (Lipinski definition) is 1. The number of ether oxygens (including phenoxy) is 1. The van der Waals surface area contributed by atoms with E-state index in [0.29, 0.717) is 0 Å². The molecule has 0 atom stereocenters. The van der Waals surface area contributed by atoms with E-state index in [1.807, 2.05) is 19.9 Å². The average molecular weight is 241 g/mol. The summed E-state index contributed by atoms with van der Waals surface area (Å²) in [5, 5.41) is 0. The molecule has 0 unspecified atom stereocenters. The Morgan fingerprint density at radius 1 is 0.889 bits per heavy atom. The minimum absolute atomic E-state index is 0.822. The van der Waals surface area contributed by atoms with Crippen LogP contribution < -0.4 is 10.5 Å². The molecule has 2 heteroatoms. The minimum atomic E-state index is 0.822. The third kappa shape index (κ3) is 2.19. The van der Waals surface area contributed by atoms with Gasteiger partial charge in [0.1, 0.15) is 5.75 Å². The number of methoxy groups -OCH3 is 1. The van der Waals surface area contributed by atoms with E-state index in [4.69, 9.17) is 10.5 Å². The maximum Gasteiger partial charge on any atom is 0.122 e. The fourth-order valence-corrected chi connectivity index (χ4v) is 2.23. The van der Waals surface area contributed by atoms with Gasteiger partial charge in [-0.05, 0) is 61.2 Å². The summed E-state index contributed by atoms with van der Waals surface area (Å²) >= 11 is 0. The van der Waals surface area contributed by atoms with Crippen molar-refractivity contribution in [1.29, 1.82) is 0 Å². The highest BCUT2D eigenvalue weighted by Crippen LogP contribution is 2.33. The molecule has 0 amide bonds. The van der Waals surface area contributed by atoms with Crippen LogP contribution in [0.15, 0.2) is 30.3 Å².